The van der Waals surface area contributed by atoms with E-state index in [9.17, 15) is 10.1 Å². The van der Waals surface area contributed by atoms with Crippen molar-refractivity contribution in [1.29, 1.82) is 5.26 Å². The van der Waals surface area contributed by atoms with E-state index in [4.69, 9.17) is 4.74 Å². The van der Waals surface area contributed by atoms with Crippen molar-refractivity contribution in [1.82, 2.24) is 19.7 Å². The molecule has 0 unspecified atom stereocenters. The van der Waals surface area contributed by atoms with Crippen LogP contribution >= 0.6 is 0 Å². The van der Waals surface area contributed by atoms with Crippen LogP contribution in [-0.2, 0) is 9.47 Å². The van der Waals surface area contributed by atoms with Crippen LogP contribution in [0.25, 0.3) is 22.8 Å². The Morgan fingerprint density at radius 1 is 1.11 bits per heavy atom. The van der Waals surface area contributed by atoms with Gasteiger partial charge in [-0.3, -0.25) is 9.97 Å². The van der Waals surface area contributed by atoms with Crippen molar-refractivity contribution in [2.45, 2.75) is 6.92 Å². The zero-order chi connectivity index (χ0) is 19.2. The monoisotopic (exact) mass is 361 g/mol. The first-order chi connectivity index (χ1) is 13.1. The minimum atomic E-state index is -0.946. The van der Waals surface area contributed by atoms with Crippen LogP contribution in [0.4, 0.5) is 4.79 Å². The minimum absolute atomic E-state index is 0.00520. The zero-order valence-corrected chi connectivity index (χ0v) is 14.7. The molecule has 0 aromatic carbocycles. The maximum Gasteiger partial charge on any atom is 0.513 e. The average molecular weight is 361 g/mol. The van der Waals surface area contributed by atoms with Gasteiger partial charge in [0.2, 0.25) is 0 Å². The van der Waals surface area contributed by atoms with Crippen molar-refractivity contribution in [3.05, 3.63) is 66.2 Å². The van der Waals surface area contributed by atoms with E-state index in [1.165, 1.54) is 11.8 Å². The van der Waals surface area contributed by atoms with E-state index in [1.54, 1.807) is 55.8 Å². The van der Waals surface area contributed by atoms with E-state index in [1.807, 2.05) is 12.1 Å². The van der Waals surface area contributed by atoms with Crippen molar-refractivity contribution in [2.24, 2.45) is 0 Å². The molecule has 0 spiro atoms. The van der Waals surface area contributed by atoms with Crippen LogP contribution in [0.5, 0.6) is 0 Å². The van der Waals surface area contributed by atoms with Gasteiger partial charge in [0.15, 0.2) is 11.5 Å². The molecule has 27 heavy (non-hydrogen) atoms. The number of nitriles is 1. The first-order valence-corrected chi connectivity index (χ1v) is 7.93. The predicted octanol–water partition coefficient (Wildman–Crippen LogP) is 3.28. The van der Waals surface area contributed by atoms with Crippen LogP contribution in [0.3, 0.4) is 0 Å². The Kier molecular flexibility index (Phi) is 5.23. The van der Waals surface area contributed by atoms with Gasteiger partial charge in [-0.05, 0) is 37.3 Å². The fraction of sp³-hybridized carbons (Fsp3) is 0.105. The number of pyridine rings is 2. The summed E-state index contributed by atoms with van der Waals surface area (Å²) >= 11 is 0. The van der Waals surface area contributed by atoms with Crippen LogP contribution in [0.15, 0.2) is 55.0 Å². The molecule has 0 saturated heterocycles. The summed E-state index contributed by atoms with van der Waals surface area (Å²) in [5.74, 6) is 0.00520. The third-order valence-corrected chi connectivity index (χ3v) is 3.67. The number of aryl methyl sites for hydroxylation is 1. The molecule has 0 saturated carbocycles. The third kappa shape index (κ3) is 3.82. The van der Waals surface area contributed by atoms with Gasteiger partial charge in [-0.2, -0.15) is 10.4 Å². The van der Waals surface area contributed by atoms with Crippen molar-refractivity contribution in [3.8, 4) is 17.5 Å². The smallest absolute Gasteiger partial charge is 0.437 e. The number of hydrogen-bond donors (Lipinski definition) is 0. The zero-order valence-electron chi connectivity index (χ0n) is 14.7. The number of rotatable bonds is 4. The van der Waals surface area contributed by atoms with Crippen LogP contribution in [0.2, 0.25) is 0 Å². The second-order valence-electron chi connectivity index (χ2n) is 5.34. The lowest BCUT2D eigenvalue weighted by Crippen LogP contribution is -2.10. The highest BCUT2D eigenvalue weighted by Gasteiger charge is 2.20. The Bertz CT molecular complexity index is 1030. The number of methoxy groups -OCH3 is 1. The summed E-state index contributed by atoms with van der Waals surface area (Å²) in [6, 6.07) is 12.6. The summed E-state index contributed by atoms with van der Waals surface area (Å²) in [7, 11) is 1.19. The molecule has 8 heteroatoms. The van der Waals surface area contributed by atoms with E-state index < -0.39 is 6.16 Å². The standard InChI is InChI=1S/C19H15N5O3/c1-13-14(6-5-10-21-13)18(27-19(25)26-2)17(12-20)24-11-8-16(23-24)15-7-3-4-9-22-15/h3-11H,1-2H3/b18-17-. The highest BCUT2D eigenvalue weighted by Crippen LogP contribution is 2.26. The molecule has 0 bridgehead atoms. The van der Waals surface area contributed by atoms with Crippen molar-refractivity contribution < 1.29 is 14.3 Å². The number of carbonyl (C=O) groups is 1. The predicted molar refractivity (Wildman–Crippen MR) is 96.6 cm³/mol. The van der Waals surface area contributed by atoms with Gasteiger partial charge in [-0.25, -0.2) is 9.48 Å². The molecule has 0 radical (unpaired) electrons. The van der Waals surface area contributed by atoms with Gasteiger partial charge in [-0.1, -0.05) is 6.07 Å². The van der Waals surface area contributed by atoms with E-state index in [0.717, 1.165) is 0 Å². The minimum Gasteiger partial charge on any atom is -0.437 e. The number of carbonyl (C=O) groups excluding carboxylic acids is 1. The Balaban J connectivity index is 2.14. The second kappa shape index (κ2) is 7.93. The van der Waals surface area contributed by atoms with E-state index >= 15 is 0 Å². The molecule has 8 nitrogen and oxygen atoms in total. The van der Waals surface area contributed by atoms with Crippen LogP contribution in [-0.4, -0.2) is 33.0 Å². The highest BCUT2D eigenvalue weighted by molar-refractivity contribution is 5.90. The summed E-state index contributed by atoms with van der Waals surface area (Å²) in [4.78, 5) is 20.2. The second-order valence-corrected chi connectivity index (χ2v) is 5.34. The first kappa shape index (κ1) is 17.8. The molecule has 0 N–H and O–H groups in total. The summed E-state index contributed by atoms with van der Waals surface area (Å²) in [5.41, 5.74) is 2.31. The van der Waals surface area contributed by atoms with Gasteiger partial charge < -0.3 is 9.47 Å². The van der Waals surface area contributed by atoms with Crippen molar-refractivity contribution in [2.75, 3.05) is 7.11 Å². The van der Waals surface area contributed by atoms with E-state index in [0.29, 0.717) is 22.6 Å². The molecule has 3 aromatic rings. The fourth-order valence-electron chi connectivity index (χ4n) is 2.39. The van der Waals surface area contributed by atoms with E-state index in [-0.39, 0.29) is 11.5 Å². The summed E-state index contributed by atoms with van der Waals surface area (Å²) in [5, 5.41) is 14.1. The molecule has 3 heterocycles. The highest BCUT2D eigenvalue weighted by atomic mass is 16.7. The van der Waals surface area contributed by atoms with Crippen molar-refractivity contribution in [3.63, 3.8) is 0 Å². The van der Waals surface area contributed by atoms with Crippen molar-refractivity contribution >= 4 is 17.6 Å². The molecular weight excluding hydrogens is 346 g/mol. The largest absolute Gasteiger partial charge is 0.513 e. The van der Waals surface area contributed by atoms with Crippen LogP contribution < -0.4 is 0 Å². The maximum absolute atomic E-state index is 11.7. The molecule has 0 aliphatic rings. The molecule has 0 atom stereocenters. The normalized spacial score (nSPS) is 11.3. The number of allylic oxidation sites excluding steroid dienone is 1. The number of ether oxygens (including phenoxy) is 2. The van der Waals surface area contributed by atoms with Gasteiger partial charge in [0.1, 0.15) is 11.8 Å². The maximum atomic E-state index is 11.7. The topological polar surface area (TPSA) is 103 Å². The number of aromatic nitrogens is 4. The molecular formula is C19H15N5O3. The third-order valence-electron chi connectivity index (χ3n) is 3.67. The lowest BCUT2D eigenvalue weighted by Gasteiger charge is -2.12. The van der Waals surface area contributed by atoms with Crippen LogP contribution in [0, 0.1) is 18.3 Å². The Morgan fingerprint density at radius 3 is 2.59 bits per heavy atom. The number of hydrogen-bond acceptors (Lipinski definition) is 7. The SMILES string of the molecule is COC(=O)O/C(=C(/C#N)n1ccc(-c2ccccn2)n1)c1cccnc1C. The van der Waals surface area contributed by atoms with Gasteiger partial charge in [-0.15, -0.1) is 0 Å². The van der Waals surface area contributed by atoms with E-state index in [2.05, 4.69) is 19.8 Å². The molecule has 0 fully saturated rings. The lowest BCUT2D eigenvalue weighted by molar-refractivity contribution is 0.112. The summed E-state index contributed by atoms with van der Waals surface area (Å²) < 4.78 is 11.2. The Hall–Kier alpha value is -3.99. The summed E-state index contributed by atoms with van der Waals surface area (Å²) in [6.45, 7) is 1.74. The molecule has 3 rings (SSSR count). The lowest BCUT2D eigenvalue weighted by atomic mass is 10.1. The number of nitrogens with zero attached hydrogens (tertiary/aromatic N) is 5. The quantitative estimate of drug-likeness (QED) is 0.399. The van der Waals surface area contributed by atoms with Gasteiger partial charge in [0, 0.05) is 29.8 Å². The fourth-order valence-corrected chi connectivity index (χ4v) is 2.39. The molecule has 134 valence electrons. The van der Waals surface area contributed by atoms with Crippen LogP contribution in [0.1, 0.15) is 11.3 Å². The van der Waals surface area contributed by atoms with Gasteiger partial charge in [0.05, 0.1) is 12.8 Å². The first-order valence-electron chi connectivity index (χ1n) is 7.93. The summed E-state index contributed by atoms with van der Waals surface area (Å²) in [6.07, 6.45) is 3.90. The van der Waals surface area contributed by atoms with Gasteiger partial charge in [0.25, 0.3) is 0 Å². The molecule has 0 aliphatic carbocycles. The molecule has 0 amide bonds. The molecule has 3 aromatic heterocycles. The Morgan fingerprint density at radius 2 is 1.93 bits per heavy atom. The molecule has 0 aliphatic heterocycles. The van der Waals surface area contributed by atoms with Gasteiger partial charge >= 0.3 is 6.16 Å². The average Bonchev–Trinajstić information content (AvgIpc) is 3.18. The Labute approximate surface area is 155 Å².